The highest BCUT2D eigenvalue weighted by Gasteiger charge is 2.07. The van der Waals surface area contributed by atoms with Crippen LogP contribution in [0.1, 0.15) is 51.2 Å². The van der Waals surface area contributed by atoms with Crippen molar-refractivity contribution in [3.8, 4) is 0 Å². The van der Waals surface area contributed by atoms with Crippen molar-refractivity contribution in [1.82, 2.24) is 34.9 Å². The predicted octanol–water partition coefficient (Wildman–Crippen LogP) is 1.83. The summed E-state index contributed by atoms with van der Waals surface area (Å²) in [5.41, 5.74) is 1.81. The van der Waals surface area contributed by atoms with Crippen molar-refractivity contribution in [3.63, 3.8) is 0 Å². The van der Waals surface area contributed by atoms with Crippen molar-refractivity contribution in [1.29, 1.82) is 0 Å². The minimum atomic E-state index is 0.320. The molecule has 0 spiro atoms. The van der Waals surface area contributed by atoms with Gasteiger partial charge in [-0.25, -0.2) is 9.36 Å². The summed E-state index contributed by atoms with van der Waals surface area (Å²) in [4.78, 5) is 1.91. The second-order valence-electron chi connectivity index (χ2n) is 5.55. The van der Waals surface area contributed by atoms with E-state index in [-0.39, 0.29) is 0 Å². The first-order chi connectivity index (χ1) is 9.45. The molecule has 20 heavy (non-hydrogen) atoms. The Morgan fingerprint density at radius 3 is 1.65 bits per heavy atom. The van der Waals surface area contributed by atoms with Crippen molar-refractivity contribution in [2.24, 2.45) is 0 Å². The van der Waals surface area contributed by atoms with Gasteiger partial charge in [-0.05, 0) is 27.7 Å². The third-order valence-corrected chi connectivity index (χ3v) is 2.94. The van der Waals surface area contributed by atoms with E-state index in [0.717, 1.165) is 11.4 Å². The van der Waals surface area contributed by atoms with Crippen molar-refractivity contribution < 1.29 is 0 Å². The van der Waals surface area contributed by atoms with E-state index in [4.69, 9.17) is 0 Å². The molecule has 0 saturated heterocycles. The van der Waals surface area contributed by atoms with Crippen LogP contribution in [0.5, 0.6) is 0 Å². The molecule has 110 valence electrons. The Hall–Kier alpha value is -1.76. The number of aromatic nitrogens is 6. The van der Waals surface area contributed by atoms with E-state index in [1.54, 1.807) is 0 Å². The first kappa shape index (κ1) is 14.6. The lowest BCUT2D eigenvalue weighted by atomic mass is 10.3. The first-order valence-electron chi connectivity index (χ1n) is 6.82. The van der Waals surface area contributed by atoms with Gasteiger partial charge in [0.05, 0.1) is 11.4 Å². The van der Waals surface area contributed by atoms with Gasteiger partial charge >= 0.3 is 0 Å². The molecule has 0 aliphatic carbocycles. The van der Waals surface area contributed by atoms with E-state index in [1.807, 2.05) is 26.7 Å². The molecule has 2 heterocycles. The Morgan fingerprint density at radius 2 is 1.35 bits per heavy atom. The van der Waals surface area contributed by atoms with Crippen molar-refractivity contribution >= 4 is 0 Å². The van der Waals surface area contributed by atoms with Crippen molar-refractivity contribution in [2.45, 2.75) is 52.9 Å². The van der Waals surface area contributed by atoms with Crippen LogP contribution in [0.4, 0.5) is 0 Å². The van der Waals surface area contributed by atoms with E-state index < -0.39 is 0 Å². The van der Waals surface area contributed by atoms with E-state index in [0.29, 0.717) is 25.2 Å². The van der Waals surface area contributed by atoms with Crippen molar-refractivity contribution in [3.05, 3.63) is 30.8 Å². The molecular weight excluding hydrogens is 254 g/mol. The summed E-state index contributed by atoms with van der Waals surface area (Å²) < 4.78 is 3.69. The van der Waals surface area contributed by atoms with E-state index in [9.17, 15) is 0 Å². The fraction of sp³-hybridized carbons (Fsp3) is 0.615. The molecule has 0 atom stereocenters. The highest BCUT2D eigenvalue weighted by Crippen LogP contribution is 2.08. The van der Waals surface area contributed by atoms with E-state index in [2.05, 4.69) is 55.4 Å². The van der Waals surface area contributed by atoms with Crippen LogP contribution < -0.4 is 0 Å². The molecule has 7 nitrogen and oxygen atoms in total. The van der Waals surface area contributed by atoms with Gasteiger partial charge in [0.15, 0.2) is 0 Å². The molecule has 0 unspecified atom stereocenters. The molecule has 0 saturated carbocycles. The molecule has 0 amide bonds. The standard InChI is InChI=1S/C13H22N7/c1-10(2)19-8-12(14-16-19)6-18(5)7-13-9-20(11(3)4)17-15-13/h8-11H,5-7H2,1-4H3/q-1. The zero-order valence-electron chi connectivity index (χ0n) is 12.6. The lowest BCUT2D eigenvalue weighted by molar-refractivity contribution is 0.346. The molecule has 0 radical (unpaired) electrons. The summed E-state index contributed by atoms with van der Waals surface area (Å²) in [5, 5.41) is 16.5. The van der Waals surface area contributed by atoms with Gasteiger partial charge in [-0.15, -0.1) is 10.2 Å². The molecular formula is C13H22N7-. The third-order valence-electron chi connectivity index (χ3n) is 2.94. The monoisotopic (exact) mass is 276 g/mol. The summed E-state index contributed by atoms with van der Waals surface area (Å²) >= 11 is 0. The Labute approximate surface area is 119 Å². The van der Waals surface area contributed by atoms with Crippen LogP contribution in [0, 0.1) is 7.05 Å². The second-order valence-corrected chi connectivity index (χ2v) is 5.55. The summed E-state index contributed by atoms with van der Waals surface area (Å²) in [6, 6.07) is 0.640. The molecule has 0 N–H and O–H groups in total. The van der Waals surface area contributed by atoms with Crippen LogP contribution in [0.15, 0.2) is 12.4 Å². The molecule has 2 rings (SSSR count). The molecule has 2 aromatic heterocycles. The normalized spacial score (nSPS) is 12.0. The van der Waals surface area contributed by atoms with Crippen LogP contribution in [-0.4, -0.2) is 34.9 Å². The van der Waals surface area contributed by atoms with Crippen LogP contribution in [-0.2, 0) is 13.1 Å². The summed E-state index contributed by atoms with van der Waals surface area (Å²) in [6.45, 7) is 9.58. The molecule has 0 aliphatic rings. The molecule has 0 aliphatic heterocycles. The Bertz CT molecular complexity index is 492. The van der Waals surface area contributed by atoms with Gasteiger partial charge < -0.3 is 4.90 Å². The van der Waals surface area contributed by atoms with Gasteiger partial charge in [-0.2, -0.15) is 0 Å². The fourth-order valence-corrected chi connectivity index (χ4v) is 1.79. The molecule has 0 aromatic carbocycles. The van der Waals surface area contributed by atoms with Crippen LogP contribution >= 0.6 is 0 Å². The number of hydrogen-bond donors (Lipinski definition) is 0. The summed E-state index contributed by atoms with van der Waals surface area (Å²) in [5.74, 6) is 0. The minimum absolute atomic E-state index is 0.320. The average molecular weight is 276 g/mol. The largest absolute Gasteiger partial charge is 0.449 e. The molecule has 0 fully saturated rings. The summed E-state index contributed by atoms with van der Waals surface area (Å²) in [6.07, 6.45) is 3.90. The Morgan fingerprint density at radius 1 is 0.950 bits per heavy atom. The maximum absolute atomic E-state index is 4.14. The average Bonchev–Trinajstić information content (AvgIpc) is 2.98. The maximum atomic E-state index is 4.14. The predicted molar refractivity (Wildman–Crippen MR) is 75.4 cm³/mol. The van der Waals surface area contributed by atoms with Crippen LogP contribution in [0.2, 0.25) is 0 Å². The molecule has 0 bridgehead atoms. The Balaban J connectivity index is 1.92. The van der Waals surface area contributed by atoms with E-state index in [1.165, 1.54) is 0 Å². The fourth-order valence-electron chi connectivity index (χ4n) is 1.79. The minimum Gasteiger partial charge on any atom is -0.449 e. The van der Waals surface area contributed by atoms with Gasteiger partial charge in [0.2, 0.25) is 0 Å². The zero-order chi connectivity index (χ0) is 14.7. The van der Waals surface area contributed by atoms with E-state index >= 15 is 0 Å². The zero-order valence-corrected chi connectivity index (χ0v) is 12.6. The summed E-state index contributed by atoms with van der Waals surface area (Å²) in [7, 11) is 4.02. The highest BCUT2D eigenvalue weighted by molar-refractivity contribution is 4.97. The lowest BCUT2D eigenvalue weighted by Gasteiger charge is -2.21. The SMILES string of the molecule is [CH2-]N(Cc1cn(C(C)C)nn1)Cc1cn(C(C)C)nn1. The smallest absolute Gasteiger partial charge is 0.0942 e. The van der Waals surface area contributed by atoms with Gasteiger partial charge in [0.25, 0.3) is 0 Å². The third kappa shape index (κ3) is 3.63. The first-order valence-corrected chi connectivity index (χ1v) is 6.82. The van der Waals surface area contributed by atoms with Crippen molar-refractivity contribution in [2.75, 3.05) is 0 Å². The quantitative estimate of drug-likeness (QED) is 0.753. The van der Waals surface area contributed by atoms with Crippen LogP contribution in [0.3, 0.4) is 0 Å². The topological polar surface area (TPSA) is 64.7 Å². The van der Waals surface area contributed by atoms with Gasteiger partial charge in [-0.3, -0.25) is 7.05 Å². The van der Waals surface area contributed by atoms with Gasteiger partial charge in [0.1, 0.15) is 0 Å². The molecule has 7 heteroatoms. The Kier molecular flexibility index (Phi) is 4.49. The second kappa shape index (κ2) is 6.13. The van der Waals surface area contributed by atoms with Crippen LogP contribution in [0.25, 0.3) is 0 Å². The van der Waals surface area contributed by atoms with Gasteiger partial charge in [0, 0.05) is 37.6 Å². The number of hydrogen-bond acceptors (Lipinski definition) is 5. The highest BCUT2D eigenvalue weighted by atomic mass is 15.4. The maximum Gasteiger partial charge on any atom is 0.0942 e. The molecule has 2 aromatic rings. The van der Waals surface area contributed by atoms with Gasteiger partial charge in [-0.1, -0.05) is 10.4 Å². The number of rotatable bonds is 6. The number of nitrogens with zero attached hydrogens (tertiary/aromatic N) is 7. The lowest BCUT2D eigenvalue weighted by Crippen LogP contribution is -2.15.